The van der Waals surface area contributed by atoms with E-state index in [1.807, 2.05) is 18.7 Å². The van der Waals surface area contributed by atoms with Gasteiger partial charge in [-0.25, -0.2) is 9.97 Å². The summed E-state index contributed by atoms with van der Waals surface area (Å²) in [5, 5.41) is 0. The quantitative estimate of drug-likeness (QED) is 0.800. The fraction of sp³-hybridized carbons (Fsp3) is 0.667. The van der Waals surface area contributed by atoms with Gasteiger partial charge >= 0.3 is 0 Å². The van der Waals surface area contributed by atoms with Crippen LogP contribution in [0.15, 0.2) is 12.4 Å². The highest BCUT2D eigenvalue weighted by molar-refractivity contribution is 5.80. The lowest BCUT2D eigenvalue weighted by atomic mass is 9.90. The van der Waals surface area contributed by atoms with Crippen molar-refractivity contribution in [2.45, 2.75) is 60.9 Å². The molecule has 2 unspecified atom stereocenters. The Morgan fingerprint density at radius 1 is 1.31 bits per heavy atom. The molecule has 1 aromatic heterocycles. The normalized spacial score (nSPS) is 19.8. The summed E-state index contributed by atoms with van der Waals surface area (Å²) in [7, 11) is 0. The Kier molecular flexibility index (Phi) is 6.79. The predicted molar refractivity (Wildman–Crippen MR) is 108 cm³/mol. The Bertz CT molecular complexity index is 668. The van der Waals surface area contributed by atoms with Gasteiger partial charge in [0, 0.05) is 37.2 Å². The van der Waals surface area contributed by atoms with Gasteiger partial charge in [-0.1, -0.05) is 33.8 Å². The van der Waals surface area contributed by atoms with E-state index >= 15 is 0 Å². The summed E-state index contributed by atoms with van der Waals surface area (Å²) in [4.78, 5) is 25.9. The van der Waals surface area contributed by atoms with Crippen molar-refractivity contribution in [3.05, 3.63) is 23.7 Å². The molecule has 0 radical (unpaired) electrons. The van der Waals surface area contributed by atoms with Crippen molar-refractivity contribution >= 4 is 17.3 Å². The zero-order valence-corrected chi connectivity index (χ0v) is 17.4. The number of anilines is 1. The van der Waals surface area contributed by atoms with Crippen molar-refractivity contribution in [3.8, 4) is 0 Å². The second-order valence-electron chi connectivity index (χ2n) is 7.69. The molecule has 144 valence electrons. The average molecular weight is 359 g/mol. The molecule has 26 heavy (non-hydrogen) atoms. The minimum absolute atomic E-state index is 0.0425. The second kappa shape index (κ2) is 8.65. The van der Waals surface area contributed by atoms with Crippen LogP contribution < -0.4 is 4.90 Å². The Morgan fingerprint density at radius 3 is 2.54 bits per heavy atom. The summed E-state index contributed by atoms with van der Waals surface area (Å²) in [6, 6.07) is 0.180. The first kappa shape index (κ1) is 20.4. The van der Waals surface area contributed by atoms with E-state index in [-0.39, 0.29) is 17.9 Å². The van der Waals surface area contributed by atoms with Crippen molar-refractivity contribution in [1.29, 1.82) is 0 Å². The van der Waals surface area contributed by atoms with E-state index in [4.69, 9.17) is 0 Å². The Labute approximate surface area is 158 Å². The summed E-state index contributed by atoms with van der Waals surface area (Å²) in [5.41, 5.74) is 3.51. The molecule has 1 aromatic rings. The van der Waals surface area contributed by atoms with Crippen LogP contribution in [0.4, 0.5) is 5.82 Å². The van der Waals surface area contributed by atoms with Gasteiger partial charge in [0.15, 0.2) is 0 Å². The van der Waals surface area contributed by atoms with Crippen LogP contribution in [0.2, 0.25) is 0 Å². The second-order valence-corrected chi connectivity index (χ2v) is 7.69. The fourth-order valence-electron chi connectivity index (χ4n) is 3.74. The van der Waals surface area contributed by atoms with Gasteiger partial charge in [-0.2, -0.15) is 0 Å². The molecule has 1 aliphatic rings. The molecule has 1 fully saturated rings. The molecule has 1 saturated heterocycles. The van der Waals surface area contributed by atoms with E-state index in [0.717, 1.165) is 37.6 Å². The third kappa shape index (κ3) is 4.08. The van der Waals surface area contributed by atoms with Gasteiger partial charge in [-0.05, 0) is 38.7 Å². The maximum absolute atomic E-state index is 12.4. The van der Waals surface area contributed by atoms with Crippen LogP contribution >= 0.6 is 0 Å². The highest BCUT2D eigenvalue weighted by Crippen LogP contribution is 2.34. The number of hydrogen-bond acceptors (Lipinski definition) is 4. The molecule has 1 aliphatic heterocycles. The highest BCUT2D eigenvalue weighted by Gasteiger charge is 2.31. The first-order valence-corrected chi connectivity index (χ1v) is 9.85. The van der Waals surface area contributed by atoms with E-state index in [1.165, 1.54) is 11.1 Å². The van der Waals surface area contributed by atoms with E-state index in [9.17, 15) is 4.79 Å². The monoisotopic (exact) mass is 358 g/mol. The third-order valence-corrected chi connectivity index (χ3v) is 5.46. The standard InChI is InChI=1S/C21H34N4O/c1-8-15(5)18(9-2)19-17(7)22-13-23-20(19)24-10-11-25(16(6)12-24)21(26)14(3)4/h9,13-16H,8,10-12H2,1-7H3/b18-9-. The van der Waals surface area contributed by atoms with Crippen molar-refractivity contribution in [1.82, 2.24) is 14.9 Å². The summed E-state index contributed by atoms with van der Waals surface area (Å²) in [6.45, 7) is 17.1. The molecule has 5 heteroatoms. The highest BCUT2D eigenvalue weighted by atomic mass is 16.2. The van der Waals surface area contributed by atoms with E-state index in [1.54, 1.807) is 6.33 Å². The van der Waals surface area contributed by atoms with E-state index in [2.05, 4.69) is 55.6 Å². The summed E-state index contributed by atoms with van der Waals surface area (Å²) in [6.07, 6.45) is 4.94. The molecule has 0 N–H and O–H groups in total. The van der Waals surface area contributed by atoms with Gasteiger partial charge in [0.1, 0.15) is 12.1 Å². The van der Waals surface area contributed by atoms with Crippen LogP contribution in [0, 0.1) is 18.8 Å². The van der Waals surface area contributed by atoms with Crippen LogP contribution in [0.5, 0.6) is 0 Å². The lowest BCUT2D eigenvalue weighted by molar-refractivity contribution is -0.136. The van der Waals surface area contributed by atoms with Crippen LogP contribution in [0.25, 0.3) is 5.57 Å². The number of hydrogen-bond donors (Lipinski definition) is 0. The Hall–Kier alpha value is -1.91. The molecule has 0 aliphatic carbocycles. The maximum Gasteiger partial charge on any atom is 0.225 e. The topological polar surface area (TPSA) is 49.3 Å². The minimum atomic E-state index is 0.0425. The largest absolute Gasteiger partial charge is 0.352 e. The number of carbonyl (C=O) groups excluding carboxylic acids is 1. The van der Waals surface area contributed by atoms with Crippen molar-refractivity contribution in [2.24, 2.45) is 11.8 Å². The number of aromatic nitrogens is 2. The van der Waals surface area contributed by atoms with Crippen molar-refractivity contribution < 1.29 is 4.79 Å². The molecule has 1 amide bonds. The summed E-state index contributed by atoms with van der Waals surface area (Å²) < 4.78 is 0. The number of piperazine rings is 1. The molecule has 0 aromatic carbocycles. The number of rotatable bonds is 5. The van der Waals surface area contributed by atoms with Gasteiger partial charge in [-0.3, -0.25) is 4.79 Å². The number of amides is 1. The first-order valence-electron chi connectivity index (χ1n) is 9.85. The van der Waals surface area contributed by atoms with Crippen molar-refractivity contribution in [3.63, 3.8) is 0 Å². The van der Waals surface area contributed by atoms with Crippen LogP contribution in [0.3, 0.4) is 0 Å². The van der Waals surface area contributed by atoms with Crippen molar-refractivity contribution in [2.75, 3.05) is 24.5 Å². The zero-order valence-electron chi connectivity index (χ0n) is 17.4. The maximum atomic E-state index is 12.4. The molecular weight excluding hydrogens is 324 g/mol. The Balaban J connectivity index is 2.34. The third-order valence-electron chi connectivity index (χ3n) is 5.46. The van der Waals surface area contributed by atoms with Crippen LogP contribution in [-0.2, 0) is 4.79 Å². The smallest absolute Gasteiger partial charge is 0.225 e. The average Bonchev–Trinajstić information content (AvgIpc) is 2.62. The molecule has 0 bridgehead atoms. The fourth-order valence-corrected chi connectivity index (χ4v) is 3.74. The van der Waals surface area contributed by atoms with Gasteiger partial charge in [0.25, 0.3) is 0 Å². The zero-order chi connectivity index (χ0) is 19.4. The van der Waals surface area contributed by atoms with Gasteiger partial charge in [0.2, 0.25) is 5.91 Å². The summed E-state index contributed by atoms with van der Waals surface area (Å²) in [5.74, 6) is 1.75. The van der Waals surface area contributed by atoms with Crippen LogP contribution in [0.1, 0.15) is 59.2 Å². The number of nitrogens with zero attached hydrogens (tertiary/aromatic N) is 4. The molecular formula is C21H34N4O. The van der Waals surface area contributed by atoms with Gasteiger partial charge in [0.05, 0.1) is 5.69 Å². The lowest BCUT2D eigenvalue weighted by Gasteiger charge is -2.42. The van der Waals surface area contributed by atoms with E-state index in [0.29, 0.717) is 5.92 Å². The van der Waals surface area contributed by atoms with E-state index < -0.39 is 0 Å². The molecule has 5 nitrogen and oxygen atoms in total. The number of carbonyl (C=O) groups is 1. The van der Waals surface area contributed by atoms with Gasteiger partial charge < -0.3 is 9.80 Å². The van der Waals surface area contributed by atoms with Gasteiger partial charge in [-0.15, -0.1) is 0 Å². The molecule has 0 spiro atoms. The molecule has 2 atom stereocenters. The molecule has 2 heterocycles. The minimum Gasteiger partial charge on any atom is -0.352 e. The lowest BCUT2D eigenvalue weighted by Crippen LogP contribution is -2.55. The first-order chi connectivity index (χ1) is 12.3. The Morgan fingerprint density at radius 2 is 2.00 bits per heavy atom. The predicted octanol–water partition coefficient (Wildman–Crippen LogP) is 3.93. The SMILES string of the molecule is C/C=C(\c1c(C)ncnc1N1CCN(C(=O)C(C)C)C(C)C1)C(C)CC. The molecule has 2 rings (SSSR count). The van der Waals surface area contributed by atoms with Crippen LogP contribution in [-0.4, -0.2) is 46.5 Å². The number of aryl methyl sites for hydroxylation is 1. The number of allylic oxidation sites excluding steroid dienone is 2. The molecule has 0 saturated carbocycles. The summed E-state index contributed by atoms with van der Waals surface area (Å²) >= 11 is 0.